The minimum absolute atomic E-state index is 0.0848. The summed E-state index contributed by atoms with van der Waals surface area (Å²) in [5.41, 5.74) is 2.57. The molecule has 0 bridgehead atoms. The molecule has 5 aromatic rings. The number of rotatable bonds is 5. The van der Waals surface area contributed by atoms with Crippen LogP contribution in [0, 0.1) is 0 Å². The summed E-state index contributed by atoms with van der Waals surface area (Å²) in [7, 11) is 2.94. The number of amides is 1. The molecule has 0 aliphatic heterocycles. The molecular formula is C26H23N5O3. The van der Waals surface area contributed by atoms with Gasteiger partial charge >= 0.3 is 5.69 Å². The number of para-hydroxylation sites is 1. The highest BCUT2D eigenvalue weighted by atomic mass is 16.2. The van der Waals surface area contributed by atoms with Crippen molar-refractivity contribution in [2.24, 2.45) is 14.1 Å². The van der Waals surface area contributed by atoms with Gasteiger partial charge in [0.15, 0.2) is 0 Å². The maximum Gasteiger partial charge on any atom is 0.332 e. The van der Waals surface area contributed by atoms with Crippen molar-refractivity contribution in [3.05, 3.63) is 111 Å². The minimum atomic E-state index is -0.494. The van der Waals surface area contributed by atoms with Gasteiger partial charge in [-0.2, -0.15) is 0 Å². The number of benzene rings is 2. The molecule has 3 aromatic heterocycles. The van der Waals surface area contributed by atoms with Gasteiger partial charge in [0.1, 0.15) is 11.3 Å². The van der Waals surface area contributed by atoms with Crippen LogP contribution in [-0.4, -0.2) is 31.6 Å². The predicted octanol–water partition coefficient (Wildman–Crippen LogP) is 2.68. The van der Waals surface area contributed by atoms with Crippen molar-refractivity contribution < 1.29 is 4.79 Å². The first kappa shape index (κ1) is 21.4. The second-order valence-corrected chi connectivity index (χ2v) is 8.24. The van der Waals surface area contributed by atoms with Gasteiger partial charge < -0.3 is 10.3 Å². The fraction of sp³-hybridized carbons (Fsp3) is 0.154. The lowest BCUT2D eigenvalue weighted by Crippen LogP contribution is -2.37. The van der Waals surface area contributed by atoms with E-state index in [0.717, 1.165) is 26.6 Å². The molecule has 0 aliphatic rings. The van der Waals surface area contributed by atoms with Crippen molar-refractivity contribution in [2.75, 3.05) is 6.54 Å². The summed E-state index contributed by atoms with van der Waals surface area (Å²) in [5, 5.41) is 4.37. The number of pyridine rings is 1. The molecule has 0 fully saturated rings. The van der Waals surface area contributed by atoms with Crippen molar-refractivity contribution in [1.82, 2.24) is 24.4 Å². The third-order valence-electron chi connectivity index (χ3n) is 6.20. The molecule has 8 heteroatoms. The van der Waals surface area contributed by atoms with E-state index in [1.54, 1.807) is 0 Å². The lowest BCUT2D eigenvalue weighted by Gasteiger charge is -2.18. The van der Waals surface area contributed by atoms with Gasteiger partial charge in [0.25, 0.3) is 11.5 Å². The van der Waals surface area contributed by atoms with Gasteiger partial charge in [0.2, 0.25) is 0 Å². The average molecular weight is 454 g/mol. The van der Waals surface area contributed by atoms with E-state index in [4.69, 9.17) is 0 Å². The molecule has 1 unspecified atom stereocenters. The molecule has 1 amide bonds. The zero-order valence-corrected chi connectivity index (χ0v) is 18.8. The van der Waals surface area contributed by atoms with E-state index in [9.17, 15) is 14.4 Å². The van der Waals surface area contributed by atoms with Crippen LogP contribution in [0.25, 0.3) is 21.9 Å². The summed E-state index contributed by atoms with van der Waals surface area (Å²) < 4.78 is 2.29. The zero-order chi connectivity index (χ0) is 23.8. The molecule has 0 saturated carbocycles. The van der Waals surface area contributed by atoms with Crippen molar-refractivity contribution >= 4 is 27.8 Å². The van der Waals surface area contributed by atoms with Gasteiger partial charge in [0, 0.05) is 43.7 Å². The van der Waals surface area contributed by atoms with E-state index in [1.165, 1.54) is 30.8 Å². The van der Waals surface area contributed by atoms with E-state index < -0.39 is 11.2 Å². The fourth-order valence-electron chi connectivity index (χ4n) is 4.34. The van der Waals surface area contributed by atoms with Gasteiger partial charge in [-0.05, 0) is 29.3 Å². The second-order valence-electron chi connectivity index (χ2n) is 8.24. The van der Waals surface area contributed by atoms with Gasteiger partial charge in [0.05, 0.1) is 5.39 Å². The number of fused-ring (bicyclic) bond motifs is 2. The first-order valence-corrected chi connectivity index (χ1v) is 10.9. The summed E-state index contributed by atoms with van der Waals surface area (Å²) in [6.07, 6.45) is 1.98. The van der Waals surface area contributed by atoms with E-state index in [-0.39, 0.29) is 28.6 Å². The topological polar surface area (TPSA) is 102 Å². The summed E-state index contributed by atoms with van der Waals surface area (Å²) in [4.78, 5) is 45.4. The van der Waals surface area contributed by atoms with E-state index >= 15 is 0 Å². The maximum absolute atomic E-state index is 13.1. The van der Waals surface area contributed by atoms with Gasteiger partial charge in [-0.3, -0.25) is 18.7 Å². The Labute approximate surface area is 194 Å². The first-order valence-electron chi connectivity index (χ1n) is 10.9. The average Bonchev–Trinajstić information content (AvgIpc) is 3.30. The summed E-state index contributed by atoms with van der Waals surface area (Å²) in [6, 6.07) is 21.1. The van der Waals surface area contributed by atoms with Crippen LogP contribution >= 0.6 is 0 Å². The maximum atomic E-state index is 13.1. The standard InChI is InChI=1S/C26H23N5O3/c1-30-23-18(25(33)31(2)26(30)34)12-13-22(29-23)24(32)28-14-19(16-8-4-3-5-9-16)20-15-27-21-11-7-6-10-17(20)21/h3-13,15,19,27H,14H2,1-2H3,(H,28,32). The van der Waals surface area contributed by atoms with Gasteiger partial charge in [-0.25, -0.2) is 9.78 Å². The summed E-state index contributed by atoms with van der Waals surface area (Å²) in [6.45, 7) is 0.347. The van der Waals surface area contributed by atoms with Crippen molar-refractivity contribution in [3.8, 4) is 0 Å². The normalized spacial score (nSPS) is 12.2. The SMILES string of the molecule is Cn1c(=O)c2ccc(C(=O)NCC(c3ccccc3)c3c[nH]c4ccccc34)nc2n(C)c1=O. The number of carbonyl (C=O) groups excluding carboxylic acids is 1. The number of H-pyrrole nitrogens is 1. The number of carbonyl (C=O) groups is 1. The number of hydrogen-bond acceptors (Lipinski definition) is 4. The highest BCUT2D eigenvalue weighted by molar-refractivity contribution is 5.94. The Kier molecular flexibility index (Phi) is 5.33. The van der Waals surface area contributed by atoms with Gasteiger partial charge in [-0.15, -0.1) is 0 Å². The molecule has 0 aliphatic carbocycles. The number of aromatic amines is 1. The molecule has 0 saturated heterocycles. The van der Waals surface area contributed by atoms with Crippen LogP contribution in [0.4, 0.5) is 0 Å². The smallest absolute Gasteiger partial charge is 0.332 e. The molecule has 34 heavy (non-hydrogen) atoms. The fourth-order valence-corrected chi connectivity index (χ4v) is 4.34. The molecule has 0 radical (unpaired) electrons. The number of aryl methyl sites for hydroxylation is 1. The quantitative estimate of drug-likeness (QED) is 0.427. The monoisotopic (exact) mass is 453 g/mol. The van der Waals surface area contributed by atoms with Crippen LogP contribution in [0.3, 0.4) is 0 Å². The number of hydrogen-bond donors (Lipinski definition) is 2. The minimum Gasteiger partial charge on any atom is -0.361 e. The Morgan fingerprint density at radius 2 is 1.68 bits per heavy atom. The third-order valence-corrected chi connectivity index (χ3v) is 6.20. The molecular weight excluding hydrogens is 430 g/mol. The molecule has 0 spiro atoms. The Morgan fingerprint density at radius 3 is 2.47 bits per heavy atom. The van der Waals surface area contributed by atoms with E-state index in [0.29, 0.717) is 6.54 Å². The highest BCUT2D eigenvalue weighted by Gasteiger charge is 2.20. The van der Waals surface area contributed by atoms with Crippen LogP contribution in [0.15, 0.2) is 82.5 Å². The largest absolute Gasteiger partial charge is 0.361 e. The van der Waals surface area contributed by atoms with Crippen LogP contribution in [-0.2, 0) is 14.1 Å². The second kappa shape index (κ2) is 8.47. The molecule has 3 heterocycles. The Bertz CT molecular complexity index is 1650. The van der Waals surface area contributed by atoms with Crippen molar-refractivity contribution in [3.63, 3.8) is 0 Å². The van der Waals surface area contributed by atoms with Crippen LogP contribution < -0.4 is 16.6 Å². The summed E-state index contributed by atoms with van der Waals surface area (Å²) in [5.74, 6) is -0.464. The Morgan fingerprint density at radius 1 is 0.941 bits per heavy atom. The lowest BCUT2D eigenvalue weighted by atomic mass is 9.91. The van der Waals surface area contributed by atoms with Crippen LogP contribution in [0.2, 0.25) is 0 Å². The summed E-state index contributed by atoms with van der Waals surface area (Å²) >= 11 is 0. The predicted molar refractivity (Wildman–Crippen MR) is 131 cm³/mol. The first-order chi connectivity index (χ1) is 16.5. The molecule has 2 N–H and O–H groups in total. The number of nitrogens with one attached hydrogen (secondary N) is 2. The van der Waals surface area contributed by atoms with Crippen molar-refractivity contribution in [1.29, 1.82) is 0 Å². The van der Waals surface area contributed by atoms with E-state index in [1.807, 2.05) is 54.7 Å². The van der Waals surface area contributed by atoms with Gasteiger partial charge in [-0.1, -0.05) is 48.5 Å². The third kappa shape index (κ3) is 3.59. The van der Waals surface area contributed by atoms with E-state index in [2.05, 4.69) is 21.4 Å². The molecule has 170 valence electrons. The Balaban J connectivity index is 1.48. The molecule has 5 rings (SSSR count). The Hall–Kier alpha value is -4.46. The molecule has 1 atom stereocenters. The number of aromatic nitrogens is 4. The highest BCUT2D eigenvalue weighted by Crippen LogP contribution is 2.30. The van der Waals surface area contributed by atoms with Crippen molar-refractivity contribution in [2.45, 2.75) is 5.92 Å². The molecule has 2 aromatic carbocycles. The lowest BCUT2D eigenvalue weighted by molar-refractivity contribution is 0.0947. The molecule has 8 nitrogen and oxygen atoms in total. The zero-order valence-electron chi connectivity index (χ0n) is 18.8. The number of nitrogens with zero attached hydrogens (tertiary/aromatic N) is 3. The van der Waals surface area contributed by atoms with Crippen LogP contribution in [0.5, 0.6) is 0 Å². The van der Waals surface area contributed by atoms with Crippen LogP contribution in [0.1, 0.15) is 27.5 Å².